The van der Waals surface area contributed by atoms with Crippen molar-refractivity contribution in [2.45, 2.75) is 62.6 Å². The molecule has 2 fully saturated rings. The Kier molecular flexibility index (Phi) is 4.47. The van der Waals surface area contributed by atoms with Gasteiger partial charge in [0.1, 0.15) is 0 Å². The van der Waals surface area contributed by atoms with Gasteiger partial charge in [-0.25, -0.2) is 0 Å². The van der Waals surface area contributed by atoms with E-state index >= 15 is 0 Å². The van der Waals surface area contributed by atoms with Crippen LogP contribution in [0.2, 0.25) is 0 Å². The number of carbonyl (C=O) groups is 1. The average Bonchev–Trinajstić information content (AvgIpc) is 3.45. The van der Waals surface area contributed by atoms with Crippen molar-refractivity contribution in [2.75, 3.05) is 0 Å². The van der Waals surface area contributed by atoms with Gasteiger partial charge in [0.25, 0.3) is 0 Å². The fraction of sp³-hybridized carbons (Fsp3) is 0.435. The Morgan fingerprint density at radius 1 is 1.03 bits per heavy atom. The maximum absolute atomic E-state index is 13.3. The van der Waals surface area contributed by atoms with Gasteiger partial charge in [0.15, 0.2) is 11.5 Å². The van der Waals surface area contributed by atoms with Crippen LogP contribution in [0.4, 0.5) is 8.78 Å². The third-order valence-electron chi connectivity index (χ3n) is 6.16. The topological polar surface area (TPSA) is 56.8 Å². The minimum absolute atomic E-state index is 0.0103. The van der Waals surface area contributed by atoms with Crippen LogP contribution in [0.5, 0.6) is 11.5 Å². The molecule has 158 valence electrons. The molecule has 1 N–H and O–H groups in total. The highest BCUT2D eigenvalue weighted by Gasteiger charge is 2.53. The van der Waals surface area contributed by atoms with Crippen molar-refractivity contribution in [1.29, 1.82) is 0 Å². The molecule has 5 nitrogen and oxygen atoms in total. The van der Waals surface area contributed by atoms with Crippen LogP contribution in [-0.2, 0) is 14.9 Å². The van der Waals surface area contributed by atoms with Crippen molar-refractivity contribution in [3.05, 3.63) is 59.7 Å². The van der Waals surface area contributed by atoms with E-state index < -0.39 is 11.7 Å². The highest BCUT2D eigenvalue weighted by Crippen LogP contribution is 2.52. The van der Waals surface area contributed by atoms with Gasteiger partial charge in [0.05, 0.1) is 17.6 Å². The van der Waals surface area contributed by atoms with Gasteiger partial charge in [-0.3, -0.25) is 4.79 Å². The minimum Gasteiger partial charge on any atom is -0.395 e. The van der Waals surface area contributed by atoms with E-state index in [2.05, 4.69) is 14.8 Å². The lowest BCUT2D eigenvalue weighted by molar-refractivity contribution is -0.286. The fourth-order valence-electron chi connectivity index (χ4n) is 4.49. The Labute approximate surface area is 173 Å². The van der Waals surface area contributed by atoms with Gasteiger partial charge in [-0.15, -0.1) is 8.78 Å². The summed E-state index contributed by atoms with van der Waals surface area (Å²) in [5.41, 5.74) is 1.08. The number of benzene rings is 2. The number of hydrogen-bond donors (Lipinski definition) is 1. The van der Waals surface area contributed by atoms with Crippen LogP contribution in [0.25, 0.3) is 0 Å². The zero-order valence-corrected chi connectivity index (χ0v) is 16.6. The first kappa shape index (κ1) is 19.3. The summed E-state index contributed by atoms with van der Waals surface area (Å²) in [7, 11) is 0. The van der Waals surface area contributed by atoms with Crippen molar-refractivity contribution in [1.82, 2.24) is 5.32 Å². The van der Waals surface area contributed by atoms with Crippen molar-refractivity contribution in [2.24, 2.45) is 0 Å². The molecule has 30 heavy (non-hydrogen) atoms. The van der Waals surface area contributed by atoms with E-state index in [1.54, 1.807) is 6.07 Å². The molecule has 3 atom stereocenters. The lowest BCUT2D eigenvalue weighted by Crippen LogP contribution is -2.46. The summed E-state index contributed by atoms with van der Waals surface area (Å²) in [6, 6.07) is 14.6. The third kappa shape index (κ3) is 3.51. The molecule has 2 heterocycles. The van der Waals surface area contributed by atoms with E-state index in [0.717, 1.165) is 12.0 Å². The quantitative estimate of drug-likeness (QED) is 0.801. The molecule has 7 heteroatoms. The molecule has 0 spiro atoms. The Hall–Kier alpha value is -2.67. The highest BCUT2D eigenvalue weighted by molar-refractivity contribution is 5.91. The van der Waals surface area contributed by atoms with Gasteiger partial charge in [-0.05, 0) is 55.9 Å². The van der Waals surface area contributed by atoms with Gasteiger partial charge in [-0.2, -0.15) is 0 Å². The normalized spacial score (nSPS) is 28.0. The molecule has 0 radical (unpaired) electrons. The molecule has 2 aliphatic heterocycles. The van der Waals surface area contributed by atoms with Gasteiger partial charge in [0, 0.05) is 6.04 Å². The van der Waals surface area contributed by atoms with Crippen LogP contribution in [0.3, 0.4) is 0 Å². The van der Waals surface area contributed by atoms with Gasteiger partial charge >= 0.3 is 6.29 Å². The molecule has 1 aliphatic carbocycles. The average molecular weight is 415 g/mol. The molecule has 0 bridgehead atoms. The number of fused-ring (bicyclic) bond motifs is 1. The van der Waals surface area contributed by atoms with Crippen LogP contribution in [0, 0.1) is 0 Å². The first-order valence-electron chi connectivity index (χ1n) is 10.3. The number of hydrogen-bond acceptors (Lipinski definition) is 4. The second kappa shape index (κ2) is 6.94. The van der Waals surface area contributed by atoms with E-state index in [1.807, 2.05) is 37.3 Å². The van der Waals surface area contributed by atoms with Crippen LogP contribution in [0.15, 0.2) is 48.5 Å². The summed E-state index contributed by atoms with van der Waals surface area (Å²) in [4.78, 5) is 13.2. The molecular weight excluding hydrogens is 392 g/mol. The third-order valence-corrected chi connectivity index (χ3v) is 6.16. The molecule has 1 amide bonds. The predicted molar refractivity (Wildman–Crippen MR) is 104 cm³/mol. The largest absolute Gasteiger partial charge is 0.586 e. The number of ether oxygens (including phenoxy) is 3. The number of halogens is 2. The molecule has 1 saturated heterocycles. The maximum Gasteiger partial charge on any atom is 0.586 e. The Balaban J connectivity index is 1.31. The second-order valence-electron chi connectivity index (χ2n) is 8.40. The Morgan fingerprint density at radius 2 is 1.77 bits per heavy atom. The van der Waals surface area contributed by atoms with E-state index in [1.165, 1.54) is 12.1 Å². The lowest BCUT2D eigenvalue weighted by Gasteiger charge is -2.35. The number of amides is 1. The molecule has 2 aromatic carbocycles. The summed E-state index contributed by atoms with van der Waals surface area (Å²) < 4.78 is 41.8. The molecule has 2 aromatic rings. The standard InChI is InChI=1S/C23H23F2NO4/c1-14-11-17(13-19(28-14)15-5-3-2-4-6-15)26-21(27)22(9-10-22)16-7-8-18-20(12-16)30-23(24,25)29-18/h2-8,12,14,17,19H,9-11,13H2,1H3,(H,26,27)/t14-,17+,19-/m0/s1. The van der Waals surface area contributed by atoms with Crippen LogP contribution in [0.1, 0.15) is 49.8 Å². The van der Waals surface area contributed by atoms with Gasteiger partial charge < -0.3 is 19.5 Å². The smallest absolute Gasteiger partial charge is 0.395 e. The van der Waals surface area contributed by atoms with E-state index in [-0.39, 0.29) is 35.7 Å². The highest BCUT2D eigenvalue weighted by atomic mass is 19.3. The first-order chi connectivity index (χ1) is 14.3. The molecule has 5 rings (SSSR count). The van der Waals surface area contributed by atoms with E-state index in [4.69, 9.17) is 4.74 Å². The second-order valence-corrected chi connectivity index (χ2v) is 8.40. The lowest BCUT2D eigenvalue weighted by atomic mass is 9.91. The zero-order valence-electron chi connectivity index (χ0n) is 16.6. The Bertz CT molecular complexity index is 961. The monoisotopic (exact) mass is 415 g/mol. The summed E-state index contributed by atoms with van der Waals surface area (Å²) in [6.07, 6.45) is -0.918. The molecule has 1 saturated carbocycles. The summed E-state index contributed by atoms with van der Waals surface area (Å²) in [5.74, 6) is -0.108. The summed E-state index contributed by atoms with van der Waals surface area (Å²) in [6.45, 7) is 2.01. The molecule has 3 aliphatic rings. The number of carbonyl (C=O) groups excluding carboxylic acids is 1. The number of rotatable bonds is 4. The Morgan fingerprint density at radius 3 is 2.50 bits per heavy atom. The van der Waals surface area contributed by atoms with Crippen molar-refractivity contribution in [3.63, 3.8) is 0 Å². The maximum atomic E-state index is 13.3. The fourth-order valence-corrected chi connectivity index (χ4v) is 4.49. The van der Waals surface area contributed by atoms with Crippen molar-refractivity contribution < 1.29 is 27.8 Å². The van der Waals surface area contributed by atoms with Gasteiger partial charge in [0.2, 0.25) is 5.91 Å². The van der Waals surface area contributed by atoms with Crippen LogP contribution >= 0.6 is 0 Å². The van der Waals surface area contributed by atoms with Crippen molar-refractivity contribution >= 4 is 5.91 Å². The molecular formula is C23H23F2NO4. The van der Waals surface area contributed by atoms with E-state index in [0.29, 0.717) is 24.8 Å². The number of alkyl halides is 2. The SMILES string of the molecule is C[C@H]1C[C@@H](NC(=O)C2(c3ccc4c(c3)OC(F)(F)O4)CC2)C[C@@H](c2ccccc2)O1. The van der Waals surface area contributed by atoms with Crippen LogP contribution in [-0.4, -0.2) is 24.3 Å². The first-order valence-corrected chi connectivity index (χ1v) is 10.3. The zero-order chi connectivity index (χ0) is 20.9. The summed E-state index contributed by atoms with van der Waals surface area (Å²) >= 11 is 0. The summed E-state index contributed by atoms with van der Waals surface area (Å²) in [5, 5.41) is 3.20. The van der Waals surface area contributed by atoms with Gasteiger partial charge in [-0.1, -0.05) is 36.4 Å². The van der Waals surface area contributed by atoms with Crippen LogP contribution < -0.4 is 14.8 Å². The molecule has 0 unspecified atom stereocenters. The minimum atomic E-state index is -3.66. The van der Waals surface area contributed by atoms with E-state index in [9.17, 15) is 13.6 Å². The molecule has 0 aromatic heterocycles. The van der Waals surface area contributed by atoms with Crippen molar-refractivity contribution in [3.8, 4) is 11.5 Å². The predicted octanol–water partition coefficient (Wildman–Crippen LogP) is 4.46. The number of nitrogens with one attached hydrogen (secondary N) is 1.